The van der Waals surface area contributed by atoms with Gasteiger partial charge in [0.1, 0.15) is 13.2 Å². The first kappa shape index (κ1) is 39.8. The van der Waals surface area contributed by atoms with Crippen LogP contribution in [0.4, 0.5) is 21.0 Å². The van der Waals surface area contributed by atoms with E-state index >= 15 is 0 Å². The van der Waals surface area contributed by atoms with Crippen molar-refractivity contribution in [3.05, 3.63) is 105 Å². The Labute approximate surface area is 355 Å². The first-order valence-electron chi connectivity index (χ1n) is 20.6. The molecule has 2 aromatic carbocycles. The number of ketones is 4. The van der Waals surface area contributed by atoms with E-state index in [1.807, 2.05) is 58.3 Å². The fourth-order valence-corrected chi connectivity index (χ4v) is 11.0. The van der Waals surface area contributed by atoms with Gasteiger partial charge in [0.05, 0.1) is 46.7 Å². The summed E-state index contributed by atoms with van der Waals surface area (Å²) in [6.45, 7) is 3.79. The van der Waals surface area contributed by atoms with Crippen molar-refractivity contribution in [1.29, 1.82) is 0 Å². The maximum absolute atomic E-state index is 14.2. The maximum atomic E-state index is 14.2. The summed E-state index contributed by atoms with van der Waals surface area (Å²) in [5.74, 6) is -2.77. The Hall–Kier alpha value is -6.34. The van der Waals surface area contributed by atoms with Crippen LogP contribution in [0.5, 0.6) is 0 Å². The van der Waals surface area contributed by atoms with Gasteiger partial charge in [-0.2, -0.15) is 0 Å². The van der Waals surface area contributed by atoms with Crippen LogP contribution in [-0.2, 0) is 51.0 Å². The molecule has 2 amide bonds. The summed E-state index contributed by atoms with van der Waals surface area (Å²) in [6, 6.07) is 15.1. The van der Waals surface area contributed by atoms with Crippen LogP contribution in [0.3, 0.4) is 0 Å². The monoisotopic (exact) mass is 846 g/mol. The van der Waals surface area contributed by atoms with Gasteiger partial charge in [-0.05, 0) is 62.1 Å². The highest BCUT2D eigenvalue weighted by Gasteiger charge is 2.74. The Bertz CT molecular complexity index is 2360. The van der Waals surface area contributed by atoms with Gasteiger partial charge >= 0.3 is 12.2 Å². The molecule has 0 bridgehead atoms. The van der Waals surface area contributed by atoms with Gasteiger partial charge in [-0.1, -0.05) is 24.3 Å². The number of primary amides is 2. The molecule has 0 saturated carbocycles. The van der Waals surface area contributed by atoms with Crippen molar-refractivity contribution in [2.75, 3.05) is 51.2 Å². The molecular weight excluding hydrogens is 801 g/mol. The van der Waals surface area contributed by atoms with Crippen molar-refractivity contribution in [3.8, 4) is 0 Å². The lowest BCUT2D eigenvalue weighted by atomic mass is 9.82. The van der Waals surface area contributed by atoms with Crippen LogP contribution in [0.15, 0.2) is 93.6 Å². The zero-order chi connectivity index (χ0) is 43.6. The number of nitrogens with one attached hydrogen (secondary N) is 4. The molecule has 0 unspecified atom stereocenters. The van der Waals surface area contributed by atoms with E-state index in [2.05, 4.69) is 21.3 Å². The van der Waals surface area contributed by atoms with E-state index < -0.39 is 35.5 Å². The molecule has 8 atom stereocenters. The molecule has 6 heterocycles. The summed E-state index contributed by atoms with van der Waals surface area (Å²) >= 11 is 0. The second-order valence-electron chi connectivity index (χ2n) is 17.0. The van der Waals surface area contributed by atoms with Crippen LogP contribution in [0, 0.1) is 11.8 Å². The summed E-state index contributed by atoms with van der Waals surface area (Å²) in [7, 11) is 3.06. The normalized spacial score (nSPS) is 31.2. The molecule has 4 fully saturated rings. The fraction of sp³-hybridized carbons (Fsp3) is 0.409. The van der Waals surface area contributed by atoms with Gasteiger partial charge in [0.15, 0.2) is 11.4 Å². The number of methoxy groups -OCH3 is 2. The van der Waals surface area contributed by atoms with Gasteiger partial charge in [0.25, 0.3) is 0 Å². The largest absolute Gasteiger partial charge is 0.449 e. The zero-order valence-corrected chi connectivity index (χ0v) is 34.5. The third-order valence-corrected chi connectivity index (χ3v) is 14.0. The van der Waals surface area contributed by atoms with Crippen LogP contribution in [0.25, 0.3) is 0 Å². The first-order valence-corrected chi connectivity index (χ1v) is 20.6. The minimum Gasteiger partial charge on any atom is -0.449 e. The van der Waals surface area contributed by atoms with Crippen LogP contribution in [0.1, 0.15) is 25.0 Å². The molecule has 0 spiro atoms. The third-order valence-electron chi connectivity index (χ3n) is 14.0. The van der Waals surface area contributed by atoms with Crippen LogP contribution < -0.4 is 32.7 Å². The predicted molar refractivity (Wildman–Crippen MR) is 219 cm³/mol. The van der Waals surface area contributed by atoms with Crippen LogP contribution in [-0.4, -0.2) is 121 Å². The highest BCUT2D eigenvalue weighted by atomic mass is 16.6. The maximum Gasteiger partial charge on any atom is 0.404 e. The van der Waals surface area contributed by atoms with E-state index in [-0.39, 0.29) is 106 Å². The fourth-order valence-electron chi connectivity index (χ4n) is 11.0. The molecule has 6 aliphatic heterocycles. The molecule has 18 heteroatoms. The number of piperazine rings is 2. The number of anilines is 2. The molecule has 322 valence electrons. The number of nitrogens with two attached hydrogens (primary N) is 2. The van der Waals surface area contributed by atoms with Gasteiger partial charge in [-0.3, -0.25) is 19.2 Å². The molecule has 4 saturated heterocycles. The highest BCUT2D eigenvalue weighted by molar-refractivity contribution is 6.27. The second kappa shape index (κ2) is 14.1. The Kier molecular flexibility index (Phi) is 9.04. The summed E-state index contributed by atoms with van der Waals surface area (Å²) in [5.41, 5.74) is 13.8. The van der Waals surface area contributed by atoms with Gasteiger partial charge in [0, 0.05) is 73.1 Å². The number of rotatable bonds is 13. The number of hydrogen-bond donors (Lipinski definition) is 6. The minimum atomic E-state index is -1.06. The number of allylic oxidation sites excluding steroid dienone is 4. The second-order valence-corrected chi connectivity index (χ2v) is 17.0. The van der Waals surface area contributed by atoms with Crippen molar-refractivity contribution >= 4 is 46.7 Å². The van der Waals surface area contributed by atoms with E-state index in [0.717, 1.165) is 11.1 Å². The lowest BCUT2D eigenvalue weighted by Crippen LogP contribution is -2.55. The van der Waals surface area contributed by atoms with Crippen molar-refractivity contribution in [2.24, 2.45) is 23.3 Å². The number of amides is 2. The molecule has 2 aromatic rings. The van der Waals surface area contributed by atoms with Crippen LogP contribution in [0.2, 0.25) is 0 Å². The van der Waals surface area contributed by atoms with E-state index in [9.17, 15) is 28.8 Å². The number of aryl methyl sites for hydroxylation is 2. The average Bonchev–Trinajstić information content (AvgIpc) is 4.10. The predicted octanol–water partition coefficient (Wildman–Crippen LogP) is 1.10. The zero-order valence-electron chi connectivity index (χ0n) is 34.5. The third kappa shape index (κ3) is 5.62. The number of benzene rings is 2. The molecule has 2 aliphatic carbocycles. The number of ether oxygens (including phenoxy) is 4. The summed E-state index contributed by atoms with van der Waals surface area (Å²) < 4.78 is 22.6. The van der Waals surface area contributed by atoms with Gasteiger partial charge in [0.2, 0.25) is 23.1 Å². The minimum absolute atomic E-state index is 0.0921. The van der Waals surface area contributed by atoms with Gasteiger partial charge in [-0.25, -0.2) is 9.59 Å². The van der Waals surface area contributed by atoms with Crippen molar-refractivity contribution in [1.82, 2.24) is 20.4 Å². The number of nitrogens with zero attached hydrogens (tertiary/aromatic N) is 2. The Morgan fingerprint density at radius 2 is 1.02 bits per heavy atom. The lowest BCUT2D eigenvalue weighted by Gasteiger charge is -2.39. The number of carbonyl (C=O) groups is 6. The smallest absolute Gasteiger partial charge is 0.404 e. The van der Waals surface area contributed by atoms with Crippen molar-refractivity contribution in [2.45, 2.75) is 62.3 Å². The van der Waals surface area contributed by atoms with E-state index in [1.54, 1.807) is 13.8 Å². The molecule has 8 aliphatic rings. The summed E-state index contributed by atoms with van der Waals surface area (Å²) in [5, 5.41) is 13.1. The lowest BCUT2D eigenvalue weighted by molar-refractivity contribution is -0.137. The number of carbonyl (C=O) groups excluding carboxylic acids is 6. The molecule has 0 aromatic heterocycles. The Morgan fingerprint density at radius 3 is 1.35 bits per heavy atom. The van der Waals surface area contributed by atoms with Crippen molar-refractivity contribution < 1.29 is 47.7 Å². The van der Waals surface area contributed by atoms with E-state index in [4.69, 9.17) is 30.4 Å². The van der Waals surface area contributed by atoms with E-state index in [0.29, 0.717) is 37.3 Å². The standard InChI is InChI=1S/C44H46N8O10/c1-19-31(37(55)29-25(17-61-41(45)57)43(59-3)39-27(49-39)15-51(43)33(29)35(19)53)47-23-11-7-21(8-12-23)5-6-22-9-13-24(14-10-22)48-32-20(2)36(54)34-30(38(32)56)26(18-62-42(46)58)44(60-4)40-28(50-40)16-52(34)44/h7-14,25-28,39-40,47-50H,5-6,15-18H2,1-4H3,(H2,45,57)(H2,46,58)/t25-,26-,27+,28+,39+,40+,43-,44-/m1/s1. The summed E-state index contributed by atoms with van der Waals surface area (Å²) in [4.78, 5) is 83.4. The molecule has 10 rings (SSSR count). The Balaban J connectivity index is 0.795. The SMILES string of the molecule is CO[C@@]12[C@H](COC(N)=O)C3=C(C(=O)C(C)=C(Nc4ccc(CCc5ccc(NC6=C(C)C(=O)C7=C(C6=O)[C@@H](COC(N)=O)[C@@]6(OC)[C@H]8N[C@H]8CN76)cc5)cc4)C3=O)N1C[C@@H]1N[C@@H]12. The molecule has 62 heavy (non-hydrogen) atoms. The summed E-state index contributed by atoms with van der Waals surface area (Å²) in [6.07, 6.45) is -0.561. The van der Waals surface area contributed by atoms with Gasteiger partial charge < -0.3 is 61.5 Å². The molecule has 8 N–H and O–H groups in total. The quantitative estimate of drug-likeness (QED) is 0.122. The number of hydrogen-bond acceptors (Lipinski definition) is 16. The highest BCUT2D eigenvalue weighted by Crippen LogP contribution is 2.57. The van der Waals surface area contributed by atoms with Gasteiger partial charge in [-0.15, -0.1) is 0 Å². The molecular formula is C44H46N8O10. The Morgan fingerprint density at radius 1 is 0.645 bits per heavy atom. The topological polar surface area (TPSA) is 266 Å². The molecule has 18 nitrogen and oxygen atoms in total. The average molecular weight is 847 g/mol. The first-order chi connectivity index (χ1) is 29.7. The van der Waals surface area contributed by atoms with Crippen molar-refractivity contribution in [3.63, 3.8) is 0 Å². The number of Topliss-reactive ketones (excluding diaryl/α,β-unsaturated/α-hetero) is 4. The van der Waals surface area contributed by atoms with Crippen LogP contribution >= 0.6 is 0 Å². The molecule has 0 radical (unpaired) electrons. The number of fused-ring (bicyclic) bond motifs is 8. The van der Waals surface area contributed by atoms with E-state index in [1.165, 1.54) is 14.2 Å².